The van der Waals surface area contributed by atoms with E-state index in [9.17, 15) is 0 Å². The number of imidazole rings is 1. The van der Waals surface area contributed by atoms with Crippen LogP contribution in [-0.4, -0.2) is 17.8 Å². The second-order valence-corrected chi connectivity index (χ2v) is 2.82. The maximum absolute atomic E-state index is 5.62. The van der Waals surface area contributed by atoms with Crippen LogP contribution in [0.2, 0.25) is 0 Å². The molecule has 2 rings (SSSR count). The van der Waals surface area contributed by atoms with Crippen LogP contribution in [0.3, 0.4) is 0 Å². The van der Waals surface area contributed by atoms with Crippen LogP contribution >= 0.6 is 0 Å². The van der Waals surface area contributed by atoms with Crippen molar-refractivity contribution in [3.63, 3.8) is 0 Å². The van der Waals surface area contributed by atoms with Gasteiger partial charge in [0.1, 0.15) is 13.7 Å². The molecule has 2 radical (unpaired) electrons. The van der Waals surface area contributed by atoms with Gasteiger partial charge in [-0.15, -0.1) is 0 Å². The molecule has 1 aromatic heterocycles. The van der Waals surface area contributed by atoms with Gasteiger partial charge in [-0.3, -0.25) is 0 Å². The van der Waals surface area contributed by atoms with E-state index in [0.717, 1.165) is 16.9 Å². The number of nitrogens with one attached hydrogen (secondary N) is 1. The van der Waals surface area contributed by atoms with Gasteiger partial charge in [0.05, 0.1) is 11.0 Å². The highest BCUT2D eigenvalue weighted by atomic mass is 14.9. The van der Waals surface area contributed by atoms with Gasteiger partial charge in [-0.25, -0.2) is 4.98 Å². The molecule has 0 aliphatic heterocycles. The molecule has 0 unspecified atom stereocenters. The number of nitrogen functional groups attached to an aromatic ring is 1. The average molecular weight is 157 g/mol. The average Bonchev–Trinajstić information content (AvgIpc) is 2.30. The van der Waals surface area contributed by atoms with Crippen LogP contribution in [0.15, 0.2) is 12.1 Å². The first kappa shape index (κ1) is 7.22. The smallest absolute Gasteiger partial charge is 0.116 e. The van der Waals surface area contributed by atoms with Gasteiger partial charge in [0.2, 0.25) is 0 Å². The highest BCUT2D eigenvalue weighted by Gasteiger charge is 2.00. The van der Waals surface area contributed by atoms with Crippen molar-refractivity contribution in [3.8, 4) is 0 Å². The Morgan fingerprint density at radius 1 is 1.50 bits per heavy atom. The Bertz CT molecular complexity index is 394. The normalized spacial score (nSPS) is 10.8. The summed E-state index contributed by atoms with van der Waals surface area (Å²) in [6.07, 6.45) is 0. The van der Waals surface area contributed by atoms with E-state index >= 15 is 0 Å². The number of aromatic nitrogens is 2. The Balaban J connectivity index is 2.83. The van der Waals surface area contributed by atoms with Crippen molar-refractivity contribution in [2.24, 2.45) is 0 Å². The van der Waals surface area contributed by atoms with Crippen LogP contribution in [0.4, 0.5) is 5.69 Å². The molecule has 1 aromatic carbocycles. The van der Waals surface area contributed by atoms with E-state index < -0.39 is 0 Å². The number of nitrogens with two attached hydrogens (primary N) is 1. The molecule has 12 heavy (non-hydrogen) atoms. The lowest BCUT2D eigenvalue weighted by Crippen LogP contribution is -2.08. The van der Waals surface area contributed by atoms with E-state index in [1.807, 2.05) is 6.92 Å². The van der Waals surface area contributed by atoms with Gasteiger partial charge >= 0.3 is 0 Å². The summed E-state index contributed by atoms with van der Waals surface area (Å²) in [7, 11) is 5.62. The summed E-state index contributed by atoms with van der Waals surface area (Å²) in [5.41, 5.74) is 8.57. The number of rotatable bonds is 0. The lowest BCUT2D eigenvalue weighted by atomic mass is 9.94. The molecule has 4 heteroatoms. The minimum absolute atomic E-state index is 0.578. The van der Waals surface area contributed by atoms with Gasteiger partial charge in [0, 0.05) is 5.69 Å². The summed E-state index contributed by atoms with van der Waals surface area (Å²) in [5.74, 6) is 0.870. The summed E-state index contributed by atoms with van der Waals surface area (Å²) in [6.45, 7) is 1.90. The Hall–Kier alpha value is -1.45. The number of hydrogen-bond donors (Lipinski definition) is 2. The molecule has 0 atom stereocenters. The number of anilines is 1. The van der Waals surface area contributed by atoms with Crippen molar-refractivity contribution in [3.05, 3.63) is 18.0 Å². The standard InChI is InChI=1S/C8H8BN3/c1-4-11-7-2-5(9)6(10)3-8(7)12-4/h2-3H,10H2,1H3,(H,11,12). The van der Waals surface area contributed by atoms with Crippen LogP contribution in [0.1, 0.15) is 5.82 Å². The number of benzene rings is 1. The molecule has 3 N–H and O–H groups in total. The molecule has 3 nitrogen and oxygen atoms in total. The zero-order valence-electron chi connectivity index (χ0n) is 6.76. The third kappa shape index (κ3) is 0.960. The van der Waals surface area contributed by atoms with Gasteiger partial charge in [-0.1, -0.05) is 5.46 Å². The van der Waals surface area contributed by atoms with Gasteiger partial charge in [-0.2, -0.15) is 0 Å². The van der Waals surface area contributed by atoms with Crippen LogP contribution in [0.25, 0.3) is 11.0 Å². The number of aromatic amines is 1. The largest absolute Gasteiger partial charge is 0.399 e. The predicted octanol–water partition coefficient (Wildman–Crippen LogP) is 0.247. The zero-order valence-corrected chi connectivity index (χ0v) is 6.76. The highest BCUT2D eigenvalue weighted by Crippen LogP contribution is 2.12. The lowest BCUT2D eigenvalue weighted by molar-refractivity contribution is 1.17. The van der Waals surface area contributed by atoms with E-state index in [1.54, 1.807) is 12.1 Å². The maximum Gasteiger partial charge on any atom is 0.116 e. The summed E-state index contributed by atoms with van der Waals surface area (Å²) >= 11 is 0. The van der Waals surface area contributed by atoms with Crippen molar-refractivity contribution in [2.45, 2.75) is 6.92 Å². The number of H-pyrrole nitrogens is 1. The SMILES string of the molecule is [B]c1cc2[nH]c(C)nc2cc1N. The van der Waals surface area contributed by atoms with Crippen LogP contribution in [-0.2, 0) is 0 Å². The van der Waals surface area contributed by atoms with Gasteiger partial charge in [-0.05, 0) is 19.1 Å². The predicted molar refractivity (Wildman–Crippen MR) is 50.6 cm³/mol. The minimum Gasteiger partial charge on any atom is -0.399 e. The first-order valence-electron chi connectivity index (χ1n) is 3.68. The number of aryl methyl sites for hydroxylation is 1. The summed E-state index contributed by atoms with van der Waals surface area (Å²) in [6, 6.07) is 3.57. The first-order chi connectivity index (χ1) is 5.66. The Morgan fingerprint density at radius 3 is 3.00 bits per heavy atom. The number of fused-ring (bicyclic) bond motifs is 1. The molecular formula is C8H8BN3. The van der Waals surface area contributed by atoms with Crippen molar-refractivity contribution in [1.29, 1.82) is 0 Å². The number of nitrogens with zero attached hydrogens (tertiary/aromatic N) is 1. The maximum atomic E-state index is 5.62. The lowest BCUT2D eigenvalue weighted by Gasteiger charge is -1.97. The van der Waals surface area contributed by atoms with Gasteiger partial charge in [0.25, 0.3) is 0 Å². The molecule has 0 saturated heterocycles. The third-order valence-electron chi connectivity index (χ3n) is 1.81. The molecule has 0 fully saturated rings. The molecule has 58 valence electrons. The molecule has 0 saturated carbocycles. The van der Waals surface area contributed by atoms with Crippen molar-refractivity contribution < 1.29 is 0 Å². The van der Waals surface area contributed by atoms with Crippen molar-refractivity contribution in [2.75, 3.05) is 5.73 Å². The minimum atomic E-state index is 0.578. The Morgan fingerprint density at radius 2 is 2.25 bits per heavy atom. The van der Waals surface area contributed by atoms with E-state index in [1.165, 1.54) is 0 Å². The fraction of sp³-hybridized carbons (Fsp3) is 0.125. The summed E-state index contributed by atoms with van der Waals surface area (Å²) in [4.78, 5) is 7.30. The topological polar surface area (TPSA) is 54.7 Å². The molecule has 1 heterocycles. The van der Waals surface area contributed by atoms with Crippen LogP contribution in [0.5, 0.6) is 0 Å². The van der Waals surface area contributed by atoms with Crippen LogP contribution in [0, 0.1) is 6.92 Å². The summed E-state index contributed by atoms with van der Waals surface area (Å²) in [5, 5.41) is 0. The van der Waals surface area contributed by atoms with E-state index in [2.05, 4.69) is 9.97 Å². The molecule has 0 aliphatic rings. The van der Waals surface area contributed by atoms with Crippen molar-refractivity contribution >= 4 is 30.0 Å². The van der Waals surface area contributed by atoms with E-state index in [-0.39, 0.29) is 0 Å². The molecular weight excluding hydrogens is 149 g/mol. The quantitative estimate of drug-likeness (QED) is 0.425. The fourth-order valence-electron chi connectivity index (χ4n) is 1.22. The van der Waals surface area contributed by atoms with Gasteiger partial charge < -0.3 is 10.7 Å². The first-order valence-corrected chi connectivity index (χ1v) is 3.68. The molecule has 0 bridgehead atoms. The summed E-state index contributed by atoms with van der Waals surface area (Å²) < 4.78 is 0. The van der Waals surface area contributed by atoms with Gasteiger partial charge in [0.15, 0.2) is 0 Å². The second kappa shape index (κ2) is 2.27. The zero-order chi connectivity index (χ0) is 8.72. The van der Waals surface area contributed by atoms with E-state index in [4.69, 9.17) is 13.6 Å². The monoisotopic (exact) mass is 157 g/mol. The molecule has 0 amide bonds. The second-order valence-electron chi connectivity index (χ2n) is 2.82. The van der Waals surface area contributed by atoms with Crippen LogP contribution < -0.4 is 11.2 Å². The molecule has 0 spiro atoms. The fourth-order valence-corrected chi connectivity index (χ4v) is 1.22. The Kier molecular flexibility index (Phi) is 1.36. The molecule has 2 aromatic rings. The highest BCUT2D eigenvalue weighted by molar-refractivity contribution is 6.36. The molecule has 0 aliphatic carbocycles. The van der Waals surface area contributed by atoms with Crippen molar-refractivity contribution in [1.82, 2.24) is 9.97 Å². The Labute approximate surface area is 71.4 Å². The van der Waals surface area contributed by atoms with E-state index in [0.29, 0.717) is 11.2 Å². The third-order valence-corrected chi connectivity index (χ3v) is 1.81. The number of hydrogen-bond acceptors (Lipinski definition) is 2.